The predicted octanol–water partition coefficient (Wildman–Crippen LogP) is 1.59. The normalized spacial score (nSPS) is 31.4. The minimum absolute atomic E-state index is 0.0207. The van der Waals surface area contributed by atoms with Crippen LogP contribution in [0.3, 0.4) is 0 Å². The van der Waals surface area contributed by atoms with Crippen molar-refractivity contribution >= 4 is 17.8 Å². The summed E-state index contributed by atoms with van der Waals surface area (Å²) in [4.78, 5) is 42.6. The third kappa shape index (κ3) is 2.03. The lowest BCUT2D eigenvalue weighted by Gasteiger charge is -2.27. The summed E-state index contributed by atoms with van der Waals surface area (Å²) < 4.78 is 0. The monoisotopic (exact) mass is 307 g/mol. The molecule has 3 rings (SSSR count). The van der Waals surface area contributed by atoms with E-state index in [0.29, 0.717) is 32.5 Å². The molecule has 3 saturated heterocycles. The molecule has 6 heteroatoms. The van der Waals surface area contributed by atoms with Gasteiger partial charge in [0.15, 0.2) is 0 Å². The number of carbonyl (C=O) groups is 3. The second-order valence-electron chi connectivity index (χ2n) is 6.63. The molecule has 0 spiro atoms. The van der Waals surface area contributed by atoms with E-state index in [1.54, 1.807) is 9.80 Å². The number of likely N-dealkylation sites (tertiary alicyclic amines) is 1. The van der Waals surface area contributed by atoms with Gasteiger partial charge in [0, 0.05) is 26.1 Å². The van der Waals surface area contributed by atoms with Crippen LogP contribution < -0.4 is 0 Å². The highest BCUT2D eigenvalue weighted by Gasteiger charge is 2.60. The van der Waals surface area contributed by atoms with Crippen LogP contribution in [0.1, 0.15) is 52.4 Å². The topological polar surface area (TPSA) is 60.9 Å². The first-order valence-corrected chi connectivity index (χ1v) is 8.48. The van der Waals surface area contributed by atoms with Gasteiger partial charge in [-0.25, -0.2) is 4.79 Å². The summed E-state index contributed by atoms with van der Waals surface area (Å²) in [5.74, 6) is 0.0815. The first-order chi connectivity index (χ1) is 10.5. The number of fused-ring (bicyclic) bond motifs is 1. The van der Waals surface area contributed by atoms with Gasteiger partial charge in [0.05, 0.1) is 6.04 Å². The van der Waals surface area contributed by atoms with Crippen molar-refractivity contribution in [3.63, 3.8) is 0 Å². The van der Waals surface area contributed by atoms with Crippen LogP contribution in [0.5, 0.6) is 0 Å². The van der Waals surface area contributed by atoms with Crippen LogP contribution in [0.4, 0.5) is 4.79 Å². The zero-order valence-corrected chi connectivity index (χ0v) is 13.5. The Balaban J connectivity index is 1.80. The Kier molecular flexibility index (Phi) is 3.87. The zero-order chi connectivity index (χ0) is 15.9. The van der Waals surface area contributed by atoms with Crippen molar-refractivity contribution in [3.8, 4) is 0 Å². The quantitative estimate of drug-likeness (QED) is 0.741. The van der Waals surface area contributed by atoms with Gasteiger partial charge in [0.1, 0.15) is 5.54 Å². The van der Waals surface area contributed by atoms with Gasteiger partial charge >= 0.3 is 6.03 Å². The highest BCUT2D eigenvalue weighted by Crippen LogP contribution is 2.42. The molecule has 0 radical (unpaired) electrons. The molecule has 0 bridgehead atoms. The van der Waals surface area contributed by atoms with E-state index in [1.807, 2.05) is 6.92 Å². The fourth-order valence-electron chi connectivity index (χ4n) is 4.33. The molecule has 6 nitrogen and oxygen atoms in total. The smallest absolute Gasteiger partial charge is 0.327 e. The lowest BCUT2D eigenvalue weighted by molar-refractivity contribution is -0.135. The molecule has 22 heavy (non-hydrogen) atoms. The van der Waals surface area contributed by atoms with Gasteiger partial charge in [-0.1, -0.05) is 20.3 Å². The molecule has 0 unspecified atom stereocenters. The summed E-state index contributed by atoms with van der Waals surface area (Å²) >= 11 is 0. The molecule has 122 valence electrons. The van der Waals surface area contributed by atoms with E-state index in [9.17, 15) is 14.4 Å². The molecule has 2 atom stereocenters. The second-order valence-corrected chi connectivity index (χ2v) is 6.63. The summed E-state index contributed by atoms with van der Waals surface area (Å²) in [5.41, 5.74) is -0.589. The fraction of sp³-hybridized carbons (Fsp3) is 0.812. The van der Waals surface area contributed by atoms with Crippen molar-refractivity contribution in [3.05, 3.63) is 0 Å². The number of carbonyl (C=O) groups excluding carboxylic acids is 3. The molecule has 3 aliphatic rings. The van der Waals surface area contributed by atoms with Crippen LogP contribution in [-0.2, 0) is 9.59 Å². The Labute approximate surface area is 131 Å². The highest BCUT2D eigenvalue weighted by molar-refractivity contribution is 6.07. The SMILES string of the molecule is CCC[C@]12CCCN1C(=O)N([C@@H]1CCN(C(=O)CC)C1)C2=O. The summed E-state index contributed by atoms with van der Waals surface area (Å²) in [6, 6.07) is -0.276. The Morgan fingerprint density at radius 2 is 2.05 bits per heavy atom. The van der Waals surface area contributed by atoms with Crippen molar-refractivity contribution < 1.29 is 14.4 Å². The first-order valence-electron chi connectivity index (χ1n) is 8.48. The number of amides is 4. The molecule has 3 heterocycles. The summed E-state index contributed by atoms with van der Waals surface area (Å²) in [5, 5.41) is 0. The maximum Gasteiger partial charge on any atom is 0.327 e. The predicted molar refractivity (Wildman–Crippen MR) is 81.1 cm³/mol. The first kappa shape index (κ1) is 15.3. The van der Waals surface area contributed by atoms with E-state index in [4.69, 9.17) is 0 Å². The number of hydrogen-bond donors (Lipinski definition) is 0. The Morgan fingerprint density at radius 3 is 2.73 bits per heavy atom. The lowest BCUT2D eigenvalue weighted by atomic mass is 9.90. The van der Waals surface area contributed by atoms with Gasteiger partial charge in [-0.15, -0.1) is 0 Å². The largest absolute Gasteiger partial charge is 0.341 e. The zero-order valence-electron chi connectivity index (χ0n) is 13.5. The van der Waals surface area contributed by atoms with Gasteiger partial charge in [0.2, 0.25) is 5.91 Å². The van der Waals surface area contributed by atoms with Crippen LogP contribution in [0.15, 0.2) is 0 Å². The maximum atomic E-state index is 13.0. The Bertz CT molecular complexity index is 507. The molecular formula is C16H25N3O3. The summed E-state index contributed by atoms with van der Waals surface area (Å²) in [6.45, 7) is 5.73. The third-order valence-corrected chi connectivity index (χ3v) is 5.39. The van der Waals surface area contributed by atoms with Crippen molar-refractivity contribution in [2.45, 2.75) is 64.0 Å². The number of rotatable bonds is 4. The summed E-state index contributed by atoms with van der Waals surface area (Å²) in [6.07, 6.45) is 4.52. The molecule has 4 amide bonds. The standard InChI is InChI=1S/C16H25N3O3/c1-3-7-16-8-5-9-18(16)15(22)19(14(16)21)12-6-10-17(11-12)13(20)4-2/h12H,3-11H2,1-2H3/t12-,16-/m1/s1. The van der Waals surface area contributed by atoms with E-state index >= 15 is 0 Å². The minimum atomic E-state index is -0.589. The maximum absolute atomic E-state index is 13.0. The van der Waals surface area contributed by atoms with E-state index in [2.05, 4.69) is 6.92 Å². The molecule has 0 aromatic carbocycles. The lowest BCUT2D eigenvalue weighted by Crippen LogP contribution is -2.47. The molecule has 3 fully saturated rings. The van der Waals surface area contributed by atoms with Gasteiger partial charge < -0.3 is 9.80 Å². The Hall–Kier alpha value is -1.59. The van der Waals surface area contributed by atoms with Crippen LogP contribution in [0.2, 0.25) is 0 Å². The molecule has 0 aromatic heterocycles. The van der Waals surface area contributed by atoms with Crippen molar-refractivity contribution in [1.82, 2.24) is 14.7 Å². The van der Waals surface area contributed by atoms with Gasteiger partial charge in [-0.05, 0) is 25.7 Å². The molecule has 0 saturated carbocycles. The molecule has 0 N–H and O–H groups in total. The van der Waals surface area contributed by atoms with E-state index in [1.165, 1.54) is 4.90 Å². The fourth-order valence-corrected chi connectivity index (χ4v) is 4.33. The number of urea groups is 1. The second kappa shape index (κ2) is 5.56. The number of imide groups is 1. The average molecular weight is 307 g/mol. The molecule has 0 aromatic rings. The van der Waals surface area contributed by atoms with Gasteiger partial charge in [-0.2, -0.15) is 0 Å². The van der Waals surface area contributed by atoms with E-state index < -0.39 is 5.54 Å². The Morgan fingerprint density at radius 1 is 1.27 bits per heavy atom. The van der Waals surface area contributed by atoms with Crippen LogP contribution >= 0.6 is 0 Å². The highest BCUT2D eigenvalue weighted by atomic mass is 16.2. The molecule has 3 aliphatic heterocycles. The van der Waals surface area contributed by atoms with Crippen LogP contribution in [-0.4, -0.2) is 63.8 Å². The molecular weight excluding hydrogens is 282 g/mol. The molecule has 0 aliphatic carbocycles. The van der Waals surface area contributed by atoms with Crippen LogP contribution in [0.25, 0.3) is 0 Å². The minimum Gasteiger partial charge on any atom is -0.341 e. The third-order valence-electron chi connectivity index (χ3n) is 5.39. The average Bonchev–Trinajstić information content (AvgIpc) is 3.17. The van der Waals surface area contributed by atoms with Crippen molar-refractivity contribution in [2.75, 3.05) is 19.6 Å². The van der Waals surface area contributed by atoms with Crippen molar-refractivity contribution in [1.29, 1.82) is 0 Å². The van der Waals surface area contributed by atoms with Crippen molar-refractivity contribution in [2.24, 2.45) is 0 Å². The van der Waals surface area contributed by atoms with Gasteiger partial charge in [0.25, 0.3) is 5.91 Å². The van der Waals surface area contributed by atoms with Crippen LogP contribution in [0, 0.1) is 0 Å². The number of nitrogens with zero attached hydrogens (tertiary/aromatic N) is 3. The number of hydrogen-bond acceptors (Lipinski definition) is 3. The van der Waals surface area contributed by atoms with E-state index in [-0.39, 0.29) is 23.9 Å². The van der Waals surface area contributed by atoms with E-state index in [0.717, 1.165) is 25.7 Å². The summed E-state index contributed by atoms with van der Waals surface area (Å²) in [7, 11) is 0. The van der Waals surface area contributed by atoms with Gasteiger partial charge in [-0.3, -0.25) is 14.5 Å².